The minimum Gasteiger partial charge on any atom is -0.744 e. The van der Waals surface area contributed by atoms with E-state index in [1.807, 2.05) is 6.92 Å². The van der Waals surface area contributed by atoms with Crippen molar-refractivity contribution in [2.24, 2.45) is 17.8 Å². The molecular weight excluding hydrogens is 432 g/mol. The van der Waals surface area contributed by atoms with Crippen molar-refractivity contribution >= 4 is 10.1 Å². The SMILES string of the molecule is Cc1ccc(S(=O)(=O)[O-])cc1.c1c[n+](C2CCCCCC2)cn1C12CC3CC(CC(C3)C1)C2. The quantitative estimate of drug-likeness (QED) is 0.338. The zero-order valence-corrected chi connectivity index (χ0v) is 20.7. The van der Waals surface area contributed by atoms with Gasteiger partial charge in [0, 0.05) is 0 Å². The summed E-state index contributed by atoms with van der Waals surface area (Å²) in [5.74, 6) is 3.12. The van der Waals surface area contributed by atoms with Crippen molar-refractivity contribution in [1.82, 2.24) is 4.57 Å². The first kappa shape index (κ1) is 23.1. The molecule has 0 unspecified atom stereocenters. The van der Waals surface area contributed by atoms with Gasteiger partial charge in [0.25, 0.3) is 0 Å². The molecule has 1 aromatic carbocycles. The third-order valence-electron chi connectivity index (χ3n) is 8.77. The van der Waals surface area contributed by atoms with Crippen LogP contribution in [0.3, 0.4) is 0 Å². The van der Waals surface area contributed by atoms with E-state index in [1.54, 1.807) is 31.4 Å². The van der Waals surface area contributed by atoms with Crippen molar-refractivity contribution in [1.29, 1.82) is 0 Å². The predicted molar refractivity (Wildman–Crippen MR) is 127 cm³/mol. The Morgan fingerprint density at radius 1 is 0.909 bits per heavy atom. The Balaban J connectivity index is 0.000000177. The van der Waals surface area contributed by atoms with Gasteiger partial charge in [-0.2, -0.15) is 0 Å². The lowest BCUT2D eigenvalue weighted by Crippen LogP contribution is -2.52. The number of aryl methyl sites for hydroxylation is 1. The predicted octanol–water partition coefficient (Wildman–Crippen LogP) is 5.50. The standard InChI is InChI=1S/C20H31N2.C7H8O3S/c1-2-4-6-19(5-3-1)21-7-8-22(15-21)20-12-16-9-17(13-20)11-18(10-16)14-20;1-6-2-4-7(5-3-6)11(8,9)10/h7-8,15-19H,1-6,9-14H2;2-5H,1H3,(H,8,9,10)/q+1;/p-1. The Morgan fingerprint density at radius 3 is 1.97 bits per heavy atom. The fourth-order valence-corrected chi connectivity index (χ4v) is 7.98. The van der Waals surface area contributed by atoms with Gasteiger partial charge in [-0.05, 0) is 101 Å². The van der Waals surface area contributed by atoms with E-state index in [0.717, 1.165) is 29.4 Å². The van der Waals surface area contributed by atoms with Crippen LogP contribution in [0.4, 0.5) is 0 Å². The summed E-state index contributed by atoms with van der Waals surface area (Å²) < 4.78 is 36.4. The first-order valence-electron chi connectivity index (χ1n) is 12.9. The van der Waals surface area contributed by atoms with Gasteiger partial charge in [0.2, 0.25) is 6.33 Å². The number of imidazole rings is 1. The molecule has 0 aliphatic heterocycles. The summed E-state index contributed by atoms with van der Waals surface area (Å²) in [6, 6.07) is 6.56. The number of hydrogen-bond donors (Lipinski definition) is 0. The van der Waals surface area contributed by atoms with Crippen LogP contribution >= 0.6 is 0 Å². The van der Waals surface area contributed by atoms with Crippen LogP contribution in [-0.4, -0.2) is 17.5 Å². The summed E-state index contributed by atoms with van der Waals surface area (Å²) in [4.78, 5) is -0.178. The van der Waals surface area contributed by atoms with Gasteiger partial charge in [0.15, 0.2) is 0 Å². The minimum absolute atomic E-state index is 0.178. The second-order valence-electron chi connectivity index (χ2n) is 11.3. The molecule has 0 amide bonds. The van der Waals surface area contributed by atoms with Crippen molar-refractivity contribution in [2.45, 2.75) is 100 Å². The first-order valence-corrected chi connectivity index (χ1v) is 14.3. The van der Waals surface area contributed by atoms with Crippen LogP contribution in [0.1, 0.15) is 88.7 Å². The molecule has 1 aromatic heterocycles. The third kappa shape index (κ3) is 5.07. The van der Waals surface area contributed by atoms with E-state index in [0.29, 0.717) is 5.54 Å². The highest BCUT2D eigenvalue weighted by Crippen LogP contribution is 2.58. The van der Waals surface area contributed by atoms with Crippen LogP contribution < -0.4 is 4.57 Å². The first-order chi connectivity index (χ1) is 15.8. The van der Waals surface area contributed by atoms with Crippen LogP contribution in [0.15, 0.2) is 47.9 Å². The van der Waals surface area contributed by atoms with E-state index in [-0.39, 0.29) is 4.90 Å². The minimum atomic E-state index is -4.27. The summed E-state index contributed by atoms with van der Waals surface area (Å²) in [5.41, 5.74) is 1.43. The molecule has 0 saturated heterocycles. The van der Waals surface area contributed by atoms with Crippen molar-refractivity contribution < 1.29 is 17.5 Å². The molecule has 0 spiro atoms. The van der Waals surface area contributed by atoms with Crippen molar-refractivity contribution in [3.8, 4) is 0 Å². The third-order valence-corrected chi connectivity index (χ3v) is 9.62. The Hall–Kier alpha value is -1.66. The molecule has 6 heteroatoms. The van der Waals surface area contributed by atoms with Gasteiger partial charge in [-0.25, -0.2) is 17.6 Å². The summed E-state index contributed by atoms with van der Waals surface area (Å²) in [5, 5.41) is 0. The van der Waals surface area contributed by atoms with E-state index >= 15 is 0 Å². The van der Waals surface area contributed by atoms with E-state index in [1.165, 1.54) is 69.9 Å². The van der Waals surface area contributed by atoms with Crippen LogP contribution in [0, 0.1) is 24.7 Å². The van der Waals surface area contributed by atoms with Crippen molar-refractivity contribution in [3.63, 3.8) is 0 Å². The van der Waals surface area contributed by atoms with E-state index in [2.05, 4.69) is 27.9 Å². The maximum absolute atomic E-state index is 10.4. The summed E-state index contributed by atoms with van der Waals surface area (Å²) in [7, 11) is -4.27. The van der Waals surface area contributed by atoms with E-state index < -0.39 is 10.1 Å². The maximum Gasteiger partial charge on any atom is 0.244 e. The van der Waals surface area contributed by atoms with Gasteiger partial charge in [0.05, 0.1) is 4.90 Å². The van der Waals surface area contributed by atoms with E-state index in [4.69, 9.17) is 0 Å². The molecule has 180 valence electrons. The molecule has 0 radical (unpaired) electrons. The number of hydrogen-bond acceptors (Lipinski definition) is 3. The zero-order chi connectivity index (χ0) is 23.1. The molecular formula is C27H38N2O3S. The summed E-state index contributed by atoms with van der Waals surface area (Å²) in [6.45, 7) is 1.82. The molecule has 0 N–H and O–H groups in total. The number of aromatic nitrogens is 2. The largest absolute Gasteiger partial charge is 0.744 e. The van der Waals surface area contributed by atoms with Crippen LogP contribution in [0.2, 0.25) is 0 Å². The normalized spacial score (nSPS) is 31.6. The van der Waals surface area contributed by atoms with Crippen LogP contribution in [-0.2, 0) is 15.7 Å². The molecule has 1 heterocycles. The molecule has 5 fully saturated rings. The maximum atomic E-state index is 10.4. The van der Waals surface area contributed by atoms with Crippen LogP contribution in [0.25, 0.3) is 0 Å². The molecule has 5 saturated carbocycles. The fraction of sp³-hybridized carbons (Fsp3) is 0.667. The molecule has 5 aliphatic carbocycles. The van der Waals surface area contributed by atoms with Crippen molar-refractivity contribution in [3.05, 3.63) is 48.5 Å². The fourth-order valence-electron chi connectivity index (χ4n) is 7.51. The lowest BCUT2D eigenvalue weighted by atomic mass is 9.53. The average Bonchev–Trinajstić information content (AvgIpc) is 3.10. The Labute approximate surface area is 199 Å². The second kappa shape index (κ2) is 9.18. The smallest absolute Gasteiger partial charge is 0.244 e. The van der Waals surface area contributed by atoms with Gasteiger partial charge in [-0.15, -0.1) is 0 Å². The van der Waals surface area contributed by atoms with E-state index in [9.17, 15) is 13.0 Å². The van der Waals surface area contributed by atoms with Gasteiger partial charge in [0.1, 0.15) is 34.1 Å². The molecule has 5 aliphatic rings. The lowest BCUT2D eigenvalue weighted by Gasteiger charge is -2.54. The molecule has 2 aromatic rings. The number of nitrogens with zero attached hydrogens (tertiary/aromatic N) is 2. The highest BCUT2D eigenvalue weighted by Gasteiger charge is 2.54. The Bertz CT molecular complexity index is 1010. The Kier molecular flexibility index (Phi) is 6.43. The van der Waals surface area contributed by atoms with Gasteiger partial charge < -0.3 is 4.55 Å². The topological polar surface area (TPSA) is 66.0 Å². The lowest BCUT2D eigenvalue weighted by molar-refractivity contribution is -0.724. The van der Waals surface area contributed by atoms with Crippen molar-refractivity contribution in [2.75, 3.05) is 0 Å². The zero-order valence-electron chi connectivity index (χ0n) is 19.9. The number of benzene rings is 1. The molecule has 0 atom stereocenters. The molecule has 33 heavy (non-hydrogen) atoms. The highest BCUT2D eigenvalue weighted by molar-refractivity contribution is 7.85. The summed E-state index contributed by atoms with van der Waals surface area (Å²) >= 11 is 0. The highest BCUT2D eigenvalue weighted by atomic mass is 32.2. The van der Waals surface area contributed by atoms with Crippen LogP contribution in [0.5, 0.6) is 0 Å². The second-order valence-corrected chi connectivity index (χ2v) is 12.7. The van der Waals surface area contributed by atoms with Gasteiger partial charge >= 0.3 is 0 Å². The monoisotopic (exact) mass is 470 g/mol. The average molecular weight is 471 g/mol. The van der Waals surface area contributed by atoms with Gasteiger partial charge in [-0.1, -0.05) is 30.5 Å². The number of rotatable bonds is 3. The Morgan fingerprint density at radius 2 is 1.45 bits per heavy atom. The molecule has 7 rings (SSSR count). The molecule has 4 bridgehead atoms. The summed E-state index contributed by atoms with van der Waals surface area (Å²) in [6.07, 6.45) is 24.9. The van der Waals surface area contributed by atoms with Gasteiger partial charge in [-0.3, -0.25) is 0 Å². The molecule has 5 nitrogen and oxygen atoms in total.